The van der Waals surface area contributed by atoms with Crippen molar-refractivity contribution in [1.29, 1.82) is 0 Å². The lowest BCUT2D eigenvalue weighted by atomic mass is 9.91. The molecule has 0 bridgehead atoms. The van der Waals surface area contributed by atoms with Gasteiger partial charge >= 0.3 is 11.9 Å². The van der Waals surface area contributed by atoms with Gasteiger partial charge in [0.1, 0.15) is 23.9 Å². The standard InChI is InChI=1S/C49H53N3O10/c1-48(2,3)61-43(55)26-24-39(31-53)51-46(57)35-14-12-13-33(27-35)30-50-45(56)36-28-40(59-47(58)34-22-19-32(20-23-34)21-25-42(54)52(4)5)44-41(29-36)60-49(62-44,37-15-8-6-9-16-37)38-17-10-7-11-18-38/h6-23,25,27,29,39-41,44,53H,24,26,28,30-31H2,1-5H3,(H,50,56)(H,51,57). The maximum atomic E-state index is 14.0. The molecule has 1 aliphatic carbocycles. The molecule has 0 saturated carbocycles. The highest BCUT2D eigenvalue weighted by atomic mass is 16.8. The number of rotatable bonds is 15. The summed E-state index contributed by atoms with van der Waals surface area (Å²) in [5.74, 6) is -3.48. The molecule has 13 nitrogen and oxygen atoms in total. The molecule has 324 valence electrons. The second-order valence-electron chi connectivity index (χ2n) is 16.4. The van der Waals surface area contributed by atoms with Crippen LogP contribution in [0.5, 0.6) is 0 Å². The maximum absolute atomic E-state index is 14.0. The summed E-state index contributed by atoms with van der Waals surface area (Å²) in [5, 5.41) is 15.6. The van der Waals surface area contributed by atoms with Gasteiger partial charge in [0.15, 0.2) is 0 Å². The third kappa shape index (κ3) is 11.5. The van der Waals surface area contributed by atoms with E-state index in [1.165, 1.54) is 11.0 Å². The molecule has 1 aliphatic heterocycles. The summed E-state index contributed by atoms with van der Waals surface area (Å²) in [5.41, 5.74) is 3.04. The number of benzene rings is 4. The van der Waals surface area contributed by atoms with Gasteiger partial charge in [-0.15, -0.1) is 0 Å². The van der Waals surface area contributed by atoms with E-state index in [1.54, 1.807) is 95.5 Å². The molecule has 4 atom stereocenters. The van der Waals surface area contributed by atoms with E-state index in [0.717, 1.165) is 16.7 Å². The van der Waals surface area contributed by atoms with E-state index in [4.69, 9.17) is 18.9 Å². The number of esters is 2. The number of hydrogen-bond donors (Lipinski definition) is 3. The van der Waals surface area contributed by atoms with Crippen LogP contribution in [0.25, 0.3) is 6.08 Å². The third-order valence-electron chi connectivity index (χ3n) is 10.3. The lowest BCUT2D eigenvalue weighted by Gasteiger charge is -2.31. The molecule has 1 fully saturated rings. The van der Waals surface area contributed by atoms with Crippen molar-refractivity contribution in [1.82, 2.24) is 15.5 Å². The molecule has 1 heterocycles. The molecule has 4 aromatic rings. The molecular formula is C49H53N3O10. The van der Waals surface area contributed by atoms with Gasteiger partial charge in [0.25, 0.3) is 5.91 Å². The number of nitrogens with zero attached hydrogens (tertiary/aromatic N) is 1. The zero-order chi connectivity index (χ0) is 44.4. The quantitative estimate of drug-likeness (QED) is 0.0974. The van der Waals surface area contributed by atoms with Crippen LogP contribution in [-0.4, -0.2) is 90.3 Å². The van der Waals surface area contributed by atoms with Crippen molar-refractivity contribution in [2.45, 2.75) is 82.3 Å². The zero-order valence-electron chi connectivity index (χ0n) is 35.5. The van der Waals surface area contributed by atoms with E-state index in [9.17, 15) is 29.1 Å². The highest BCUT2D eigenvalue weighted by molar-refractivity contribution is 5.96. The maximum Gasteiger partial charge on any atom is 0.338 e. The Hall–Kier alpha value is -6.41. The molecule has 3 N–H and O–H groups in total. The minimum atomic E-state index is -1.38. The van der Waals surface area contributed by atoms with E-state index in [0.29, 0.717) is 16.7 Å². The predicted molar refractivity (Wildman–Crippen MR) is 231 cm³/mol. The Kier molecular flexibility index (Phi) is 14.5. The number of carbonyl (C=O) groups is 5. The van der Waals surface area contributed by atoms with E-state index >= 15 is 0 Å². The second-order valence-corrected chi connectivity index (χ2v) is 16.4. The highest BCUT2D eigenvalue weighted by Gasteiger charge is 2.55. The number of ether oxygens (including phenoxy) is 4. The van der Waals surface area contributed by atoms with E-state index in [-0.39, 0.29) is 43.9 Å². The monoisotopic (exact) mass is 843 g/mol. The third-order valence-corrected chi connectivity index (χ3v) is 10.3. The van der Waals surface area contributed by atoms with Crippen molar-refractivity contribution in [2.24, 2.45) is 0 Å². The molecule has 3 amide bonds. The molecule has 0 radical (unpaired) electrons. The fourth-order valence-corrected chi connectivity index (χ4v) is 7.13. The number of fused-ring (bicyclic) bond motifs is 1. The van der Waals surface area contributed by atoms with Crippen LogP contribution < -0.4 is 10.6 Å². The summed E-state index contributed by atoms with van der Waals surface area (Å²) < 4.78 is 25.2. The van der Waals surface area contributed by atoms with Crippen LogP contribution in [0, 0.1) is 0 Å². The fraction of sp³-hybridized carbons (Fsp3) is 0.327. The molecule has 4 aromatic carbocycles. The lowest BCUT2D eigenvalue weighted by molar-refractivity contribution is -0.157. The Labute approximate surface area is 361 Å². The Morgan fingerprint density at radius 1 is 0.855 bits per heavy atom. The largest absolute Gasteiger partial charge is 0.460 e. The number of aliphatic hydroxyl groups is 1. The van der Waals surface area contributed by atoms with Crippen LogP contribution in [0.1, 0.15) is 83.0 Å². The van der Waals surface area contributed by atoms with Gasteiger partial charge in [0.05, 0.1) is 18.2 Å². The SMILES string of the molecule is CN(C)C(=O)C=Cc1ccc(C(=O)OC2CC(C(=O)NCc3cccc(C(=O)NC(CO)CCC(=O)OC(C)(C)C)c3)=CC3OC(c4ccccc4)(c4ccccc4)OC32)cc1. The number of likely N-dealkylation sites (N-methyl/N-ethyl adjacent to an activating group) is 1. The topological polar surface area (TPSA) is 170 Å². The van der Waals surface area contributed by atoms with Crippen molar-refractivity contribution < 1.29 is 48.0 Å². The van der Waals surface area contributed by atoms with Crippen molar-refractivity contribution in [2.75, 3.05) is 20.7 Å². The van der Waals surface area contributed by atoms with Crippen molar-refractivity contribution in [3.63, 3.8) is 0 Å². The molecule has 1 saturated heterocycles. The average molecular weight is 844 g/mol. The zero-order valence-corrected chi connectivity index (χ0v) is 35.5. The van der Waals surface area contributed by atoms with Gasteiger partial charge in [0.2, 0.25) is 17.6 Å². The first-order chi connectivity index (χ1) is 29.6. The van der Waals surface area contributed by atoms with Gasteiger partial charge in [0, 0.05) is 61.8 Å². The predicted octanol–water partition coefficient (Wildman–Crippen LogP) is 5.86. The highest BCUT2D eigenvalue weighted by Crippen LogP contribution is 2.47. The van der Waals surface area contributed by atoms with Crippen LogP contribution in [-0.2, 0) is 45.7 Å². The van der Waals surface area contributed by atoms with Gasteiger partial charge in [-0.3, -0.25) is 19.2 Å². The van der Waals surface area contributed by atoms with E-state index in [1.807, 2.05) is 60.7 Å². The minimum Gasteiger partial charge on any atom is -0.460 e. The van der Waals surface area contributed by atoms with Gasteiger partial charge in [-0.1, -0.05) is 84.9 Å². The average Bonchev–Trinajstić information content (AvgIpc) is 3.67. The van der Waals surface area contributed by atoms with Gasteiger partial charge in [-0.2, -0.15) is 0 Å². The fourth-order valence-electron chi connectivity index (χ4n) is 7.13. The first-order valence-corrected chi connectivity index (χ1v) is 20.5. The molecular weight excluding hydrogens is 791 g/mol. The molecule has 0 spiro atoms. The van der Waals surface area contributed by atoms with Gasteiger partial charge in [-0.25, -0.2) is 4.79 Å². The van der Waals surface area contributed by atoms with Crippen molar-refractivity contribution >= 4 is 35.7 Å². The Morgan fingerprint density at radius 3 is 2.13 bits per heavy atom. The number of nitrogens with one attached hydrogen (secondary N) is 2. The molecule has 6 rings (SSSR count). The van der Waals surface area contributed by atoms with Crippen LogP contribution in [0.4, 0.5) is 0 Å². The first kappa shape index (κ1) is 45.1. The number of hydrogen-bond acceptors (Lipinski definition) is 10. The minimum absolute atomic E-state index is 0.0174. The summed E-state index contributed by atoms with van der Waals surface area (Å²) in [4.78, 5) is 66.6. The van der Waals surface area contributed by atoms with Gasteiger partial charge < -0.3 is 39.6 Å². The smallest absolute Gasteiger partial charge is 0.338 e. The number of carbonyl (C=O) groups excluding carboxylic acids is 5. The summed E-state index contributed by atoms with van der Waals surface area (Å²) in [6.45, 7) is 5.00. The summed E-state index contributed by atoms with van der Waals surface area (Å²) >= 11 is 0. The van der Waals surface area contributed by atoms with E-state index < -0.39 is 59.5 Å². The molecule has 13 heteroatoms. The molecule has 4 unspecified atom stereocenters. The number of amides is 3. The summed E-state index contributed by atoms with van der Waals surface area (Å²) in [7, 11) is 3.32. The Morgan fingerprint density at radius 2 is 1.52 bits per heavy atom. The van der Waals surface area contributed by atoms with Crippen molar-refractivity contribution in [3.05, 3.63) is 160 Å². The summed E-state index contributed by atoms with van der Waals surface area (Å²) in [6.07, 6.45) is 2.51. The van der Waals surface area contributed by atoms with Gasteiger partial charge in [-0.05, 0) is 74.7 Å². The normalized spacial score (nSPS) is 18.5. The second kappa shape index (κ2) is 20.0. The first-order valence-electron chi connectivity index (χ1n) is 20.5. The lowest BCUT2D eigenvalue weighted by Crippen LogP contribution is -2.43. The van der Waals surface area contributed by atoms with Crippen LogP contribution in [0.2, 0.25) is 0 Å². The van der Waals surface area contributed by atoms with E-state index in [2.05, 4.69) is 10.6 Å². The van der Waals surface area contributed by atoms with Crippen LogP contribution in [0.3, 0.4) is 0 Å². The van der Waals surface area contributed by atoms with Crippen LogP contribution in [0.15, 0.2) is 127 Å². The molecule has 2 aliphatic rings. The number of aliphatic hydroxyl groups excluding tert-OH is 1. The van der Waals surface area contributed by atoms with Crippen molar-refractivity contribution in [3.8, 4) is 0 Å². The van der Waals surface area contributed by atoms with Crippen LogP contribution >= 0.6 is 0 Å². The molecule has 62 heavy (non-hydrogen) atoms. The Bertz CT molecular complexity index is 2240. The Balaban J connectivity index is 1.19. The molecule has 0 aromatic heterocycles. The summed E-state index contributed by atoms with van der Waals surface area (Å²) in [6, 6.07) is 31.6.